The van der Waals surface area contributed by atoms with Crippen LogP contribution in [0.1, 0.15) is 25.0 Å². The van der Waals surface area contributed by atoms with Gasteiger partial charge in [0, 0.05) is 38.7 Å². The van der Waals surface area contributed by atoms with E-state index in [1.54, 1.807) is 0 Å². The van der Waals surface area contributed by atoms with Crippen LogP contribution in [0.2, 0.25) is 0 Å². The fraction of sp³-hybridized carbons (Fsp3) is 0.0526. The van der Waals surface area contributed by atoms with Gasteiger partial charge in [0.25, 0.3) is 0 Å². The summed E-state index contributed by atoms with van der Waals surface area (Å²) in [6.07, 6.45) is 0. The molecular weight excluding hydrogens is 715 g/mol. The Balaban J connectivity index is 1.11. The molecule has 0 fully saturated rings. The highest BCUT2D eigenvalue weighted by Gasteiger charge is 2.36. The second kappa shape index (κ2) is 13.9. The molecule has 0 saturated carbocycles. The molecule has 9 aromatic carbocycles. The molecule has 0 atom stereocenters. The van der Waals surface area contributed by atoms with E-state index in [9.17, 15) is 0 Å². The summed E-state index contributed by atoms with van der Waals surface area (Å²) in [6.45, 7) is 4.71. The minimum absolute atomic E-state index is 0.148. The summed E-state index contributed by atoms with van der Waals surface area (Å²) in [7, 11) is 0. The first-order valence-corrected chi connectivity index (χ1v) is 20.4. The Morgan fingerprint density at radius 3 is 1.66 bits per heavy atom. The number of hydrogen-bond acceptors (Lipinski definition) is 2. The van der Waals surface area contributed by atoms with Crippen LogP contribution >= 0.6 is 0 Å². The van der Waals surface area contributed by atoms with Gasteiger partial charge in [-0.25, -0.2) is 0 Å². The van der Waals surface area contributed by atoms with Crippen LogP contribution in [0.4, 0.5) is 17.1 Å². The van der Waals surface area contributed by atoms with E-state index < -0.39 is 0 Å². The number of hydrogen-bond donors (Lipinski definition) is 0. The molecule has 1 aliphatic rings. The number of benzene rings is 9. The second-order valence-electron chi connectivity index (χ2n) is 16.1. The van der Waals surface area contributed by atoms with Gasteiger partial charge in [-0.15, -0.1) is 0 Å². The summed E-state index contributed by atoms with van der Waals surface area (Å²) in [4.78, 5) is 2.46. The molecule has 2 nitrogen and oxygen atoms in total. The molecule has 0 spiro atoms. The zero-order valence-electron chi connectivity index (χ0n) is 33.1. The lowest BCUT2D eigenvalue weighted by atomic mass is 9.82. The Bertz CT molecular complexity index is 3160. The van der Waals surface area contributed by atoms with Crippen molar-refractivity contribution in [2.24, 2.45) is 0 Å². The van der Waals surface area contributed by atoms with Crippen molar-refractivity contribution < 1.29 is 4.42 Å². The lowest BCUT2D eigenvalue weighted by Crippen LogP contribution is -2.17. The number of nitrogens with zero attached hydrogens (tertiary/aromatic N) is 1. The fourth-order valence-corrected chi connectivity index (χ4v) is 9.27. The zero-order valence-corrected chi connectivity index (χ0v) is 33.1. The predicted octanol–water partition coefficient (Wildman–Crippen LogP) is 16.0. The van der Waals surface area contributed by atoms with Crippen molar-refractivity contribution in [2.45, 2.75) is 19.3 Å². The van der Waals surface area contributed by atoms with Crippen molar-refractivity contribution in [3.8, 4) is 55.6 Å². The minimum atomic E-state index is -0.148. The van der Waals surface area contributed by atoms with E-state index in [0.29, 0.717) is 0 Å². The van der Waals surface area contributed by atoms with Crippen molar-refractivity contribution >= 4 is 39.0 Å². The molecular formula is C57H41NO. The van der Waals surface area contributed by atoms with Gasteiger partial charge in [-0.05, 0) is 92.0 Å². The molecule has 2 heteroatoms. The smallest absolute Gasteiger partial charge is 0.143 e. The van der Waals surface area contributed by atoms with Gasteiger partial charge in [-0.1, -0.05) is 190 Å². The van der Waals surface area contributed by atoms with Gasteiger partial charge in [0.2, 0.25) is 0 Å². The highest BCUT2D eigenvalue weighted by molar-refractivity contribution is 6.09. The third-order valence-corrected chi connectivity index (χ3v) is 12.3. The summed E-state index contributed by atoms with van der Waals surface area (Å²) in [5.41, 5.74) is 19.6. The Kier molecular flexibility index (Phi) is 8.20. The lowest BCUT2D eigenvalue weighted by molar-refractivity contribution is 0.660. The summed E-state index contributed by atoms with van der Waals surface area (Å²) >= 11 is 0. The van der Waals surface area contributed by atoms with E-state index in [1.165, 1.54) is 38.9 Å². The molecule has 0 radical (unpaired) electrons. The van der Waals surface area contributed by atoms with Crippen LogP contribution in [-0.2, 0) is 5.41 Å². The quantitative estimate of drug-likeness (QED) is 0.161. The van der Waals surface area contributed by atoms with Crippen molar-refractivity contribution in [3.05, 3.63) is 223 Å². The molecule has 280 valence electrons. The fourth-order valence-electron chi connectivity index (χ4n) is 9.27. The highest BCUT2D eigenvalue weighted by Crippen LogP contribution is 2.52. The molecule has 0 bridgehead atoms. The van der Waals surface area contributed by atoms with Crippen LogP contribution < -0.4 is 4.90 Å². The van der Waals surface area contributed by atoms with Gasteiger partial charge >= 0.3 is 0 Å². The van der Waals surface area contributed by atoms with E-state index in [2.05, 4.69) is 219 Å². The Labute approximate surface area is 345 Å². The van der Waals surface area contributed by atoms with Crippen molar-refractivity contribution in [3.63, 3.8) is 0 Å². The summed E-state index contributed by atoms with van der Waals surface area (Å²) in [6, 6.07) is 76.9. The van der Waals surface area contributed by atoms with Crippen LogP contribution in [0.5, 0.6) is 0 Å². The predicted molar refractivity (Wildman–Crippen MR) is 248 cm³/mol. The first-order valence-electron chi connectivity index (χ1n) is 20.4. The van der Waals surface area contributed by atoms with Crippen LogP contribution in [0.25, 0.3) is 77.6 Å². The topological polar surface area (TPSA) is 16.4 Å². The molecule has 1 heterocycles. The Morgan fingerprint density at radius 2 is 0.881 bits per heavy atom. The van der Waals surface area contributed by atoms with Gasteiger partial charge in [0.15, 0.2) is 0 Å². The Hall–Kier alpha value is -7.42. The molecule has 0 unspecified atom stereocenters. The van der Waals surface area contributed by atoms with Crippen LogP contribution in [0.3, 0.4) is 0 Å². The monoisotopic (exact) mass is 755 g/mol. The van der Waals surface area contributed by atoms with Crippen LogP contribution in [0, 0.1) is 0 Å². The third-order valence-electron chi connectivity index (χ3n) is 12.3. The maximum Gasteiger partial charge on any atom is 0.143 e. The van der Waals surface area contributed by atoms with Crippen LogP contribution in [-0.4, -0.2) is 0 Å². The lowest BCUT2D eigenvalue weighted by Gasteiger charge is -2.30. The first-order chi connectivity index (χ1) is 29.0. The van der Waals surface area contributed by atoms with Gasteiger partial charge in [0.1, 0.15) is 11.2 Å². The average molecular weight is 756 g/mol. The largest absolute Gasteiger partial charge is 0.455 e. The van der Waals surface area contributed by atoms with Gasteiger partial charge in [0.05, 0.1) is 5.69 Å². The number of furan rings is 1. The normalized spacial score (nSPS) is 12.7. The number of fused-ring (bicyclic) bond motifs is 6. The van der Waals surface area contributed by atoms with Gasteiger partial charge < -0.3 is 9.32 Å². The summed E-state index contributed by atoms with van der Waals surface area (Å²) in [5, 5.41) is 2.27. The number of para-hydroxylation sites is 2. The standard InChI is InChI=1S/C57H41NO/c1-57(2)52-22-11-9-18-48(52)49-35-33-45(37-53(49)57)58(44-31-28-42(29-32-44)47-20-13-21-51-50-19-10-12-23-55(50)59-56(47)51)54-36-43(39-16-7-4-8-17-39)30-34-46(54)41-26-24-40(25-27-41)38-14-5-3-6-15-38/h3-37H,1-2H3. The molecule has 1 aliphatic carbocycles. The second-order valence-corrected chi connectivity index (χ2v) is 16.1. The SMILES string of the molecule is CC1(C)c2ccccc2-c2ccc(N(c3ccc(-c4cccc5c4oc4ccccc45)cc3)c3cc(-c4ccccc4)ccc3-c3ccc(-c4ccccc4)cc3)cc21. The summed E-state index contributed by atoms with van der Waals surface area (Å²) < 4.78 is 6.49. The number of anilines is 3. The van der Waals surface area contributed by atoms with E-state index in [-0.39, 0.29) is 5.41 Å². The molecule has 11 rings (SSSR count). The Morgan fingerprint density at radius 1 is 0.356 bits per heavy atom. The van der Waals surface area contributed by atoms with Crippen molar-refractivity contribution in [1.29, 1.82) is 0 Å². The molecule has 0 amide bonds. The van der Waals surface area contributed by atoms with Crippen molar-refractivity contribution in [2.75, 3.05) is 4.90 Å². The highest BCUT2D eigenvalue weighted by atomic mass is 16.3. The third kappa shape index (κ3) is 5.87. The van der Waals surface area contributed by atoms with Crippen molar-refractivity contribution in [1.82, 2.24) is 0 Å². The van der Waals surface area contributed by atoms with E-state index in [0.717, 1.165) is 66.8 Å². The molecule has 1 aromatic heterocycles. The van der Waals surface area contributed by atoms with E-state index >= 15 is 0 Å². The van der Waals surface area contributed by atoms with Gasteiger partial charge in [-0.2, -0.15) is 0 Å². The average Bonchev–Trinajstić information content (AvgIpc) is 3.79. The minimum Gasteiger partial charge on any atom is -0.455 e. The van der Waals surface area contributed by atoms with Crippen LogP contribution in [0.15, 0.2) is 217 Å². The maximum atomic E-state index is 6.49. The molecule has 0 N–H and O–H groups in total. The summed E-state index contributed by atoms with van der Waals surface area (Å²) in [5.74, 6) is 0. The molecule has 10 aromatic rings. The zero-order chi connectivity index (χ0) is 39.5. The van der Waals surface area contributed by atoms with E-state index in [4.69, 9.17) is 4.42 Å². The molecule has 0 aliphatic heterocycles. The first kappa shape index (κ1) is 34.8. The van der Waals surface area contributed by atoms with E-state index in [1.807, 2.05) is 12.1 Å². The molecule has 59 heavy (non-hydrogen) atoms. The maximum absolute atomic E-state index is 6.49. The molecule has 0 saturated heterocycles. The van der Waals surface area contributed by atoms with Gasteiger partial charge in [-0.3, -0.25) is 0 Å². The number of rotatable bonds is 7.